The lowest BCUT2D eigenvalue weighted by Gasteiger charge is -2.29. The van der Waals surface area contributed by atoms with Gasteiger partial charge in [0.05, 0.1) is 12.1 Å². The van der Waals surface area contributed by atoms with Crippen LogP contribution in [-0.2, 0) is 4.79 Å². The summed E-state index contributed by atoms with van der Waals surface area (Å²) in [7, 11) is 0. The van der Waals surface area contributed by atoms with Crippen LogP contribution in [0.4, 0.5) is 0 Å². The lowest BCUT2D eigenvalue weighted by Crippen LogP contribution is -2.50. The number of benzene rings is 1. The first-order valence-electron chi connectivity index (χ1n) is 6.18. The molecule has 0 bridgehead atoms. The first-order chi connectivity index (χ1) is 8.71. The highest BCUT2D eigenvalue weighted by Gasteiger charge is 2.29. The highest BCUT2D eigenvalue weighted by Crippen LogP contribution is 2.21. The molecule has 5 heteroatoms. The zero-order chi connectivity index (χ0) is 14.6. The number of carbonyl (C=O) groups excluding carboxylic acids is 1. The molecule has 0 spiro atoms. The first kappa shape index (κ1) is 16.1. The highest BCUT2D eigenvalue weighted by molar-refractivity contribution is 9.10. The molecule has 1 aromatic carbocycles. The molecule has 1 rings (SSSR count). The van der Waals surface area contributed by atoms with Crippen LogP contribution in [0.2, 0.25) is 0 Å². The fraction of sp³-hybridized carbons (Fsp3) is 0.500. The van der Waals surface area contributed by atoms with Crippen molar-refractivity contribution in [2.75, 3.05) is 6.54 Å². The minimum absolute atomic E-state index is 0.284. The Labute approximate surface area is 122 Å². The van der Waals surface area contributed by atoms with Gasteiger partial charge in [0, 0.05) is 11.0 Å². The second-order valence-electron chi connectivity index (χ2n) is 5.68. The number of hydrogen-bond donors (Lipinski definition) is 3. The average molecular weight is 329 g/mol. The highest BCUT2D eigenvalue weighted by atomic mass is 79.9. The zero-order valence-electron chi connectivity index (χ0n) is 11.5. The van der Waals surface area contributed by atoms with Gasteiger partial charge in [0.2, 0.25) is 5.91 Å². The van der Waals surface area contributed by atoms with E-state index in [0.717, 1.165) is 10.0 Å². The molecule has 1 amide bonds. The van der Waals surface area contributed by atoms with Gasteiger partial charge < -0.3 is 16.2 Å². The van der Waals surface area contributed by atoms with Gasteiger partial charge in [-0.3, -0.25) is 4.79 Å². The van der Waals surface area contributed by atoms with E-state index in [1.54, 1.807) is 0 Å². The molecule has 1 aromatic rings. The van der Waals surface area contributed by atoms with E-state index < -0.39 is 18.1 Å². The molecule has 0 heterocycles. The van der Waals surface area contributed by atoms with Crippen LogP contribution < -0.4 is 11.1 Å². The Morgan fingerprint density at radius 2 is 1.89 bits per heavy atom. The number of rotatable bonds is 5. The largest absolute Gasteiger partial charge is 0.387 e. The number of amides is 1. The summed E-state index contributed by atoms with van der Waals surface area (Å²) in [6.45, 7) is 6.08. The van der Waals surface area contributed by atoms with Crippen molar-refractivity contribution in [3.8, 4) is 0 Å². The van der Waals surface area contributed by atoms with E-state index in [-0.39, 0.29) is 12.0 Å². The van der Waals surface area contributed by atoms with Gasteiger partial charge >= 0.3 is 0 Å². The third kappa shape index (κ3) is 4.93. The van der Waals surface area contributed by atoms with Crippen LogP contribution in [0.1, 0.15) is 32.4 Å². The quantitative estimate of drug-likeness (QED) is 0.773. The molecule has 0 aliphatic carbocycles. The lowest BCUT2D eigenvalue weighted by molar-refractivity contribution is -0.122. The third-order valence-corrected chi connectivity index (χ3v) is 3.45. The Kier molecular flexibility index (Phi) is 5.52. The monoisotopic (exact) mass is 328 g/mol. The maximum atomic E-state index is 11.4. The van der Waals surface area contributed by atoms with Crippen molar-refractivity contribution in [3.63, 3.8) is 0 Å². The van der Waals surface area contributed by atoms with Gasteiger partial charge in [-0.15, -0.1) is 0 Å². The summed E-state index contributed by atoms with van der Waals surface area (Å²) >= 11 is 3.34. The Morgan fingerprint density at radius 3 is 2.32 bits per heavy atom. The molecule has 106 valence electrons. The van der Waals surface area contributed by atoms with E-state index >= 15 is 0 Å². The van der Waals surface area contributed by atoms with Crippen molar-refractivity contribution in [2.45, 2.75) is 32.9 Å². The number of aliphatic hydroxyl groups excluding tert-OH is 1. The zero-order valence-corrected chi connectivity index (χ0v) is 13.1. The van der Waals surface area contributed by atoms with Crippen molar-refractivity contribution >= 4 is 21.8 Å². The van der Waals surface area contributed by atoms with E-state index in [4.69, 9.17) is 5.73 Å². The van der Waals surface area contributed by atoms with Gasteiger partial charge in [0.1, 0.15) is 0 Å². The summed E-state index contributed by atoms with van der Waals surface area (Å²) in [5, 5.41) is 13.1. The number of carbonyl (C=O) groups is 1. The smallest absolute Gasteiger partial charge is 0.235 e. The lowest BCUT2D eigenvalue weighted by atomic mass is 9.86. The first-order valence-corrected chi connectivity index (χ1v) is 6.97. The minimum atomic E-state index is -0.669. The molecular weight excluding hydrogens is 308 g/mol. The normalized spacial score (nSPS) is 15.0. The molecule has 0 saturated carbocycles. The SMILES string of the molecule is CC(C)(C)[C@H](NCC(O)c1ccc(Br)cc1)C(N)=O. The standard InChI is InChI=1S/C14H21BrN2O2/c1-14(2,3)12(13(16)19)17-8-11(18)9-4-6-10(15)7-5-9/h4-7,11-12,17-18H,8H2,1-3H3,(H2,16,19)/t11?,12-/m1/s1. The van der Waals surface area contributed by atoms with Crippen LogP contribution in [0.5, 0.6) is 0 Å². The van der Waals surface area contributed by atoms with Crippen LogP contribution in [0.15, 0.2) is 28.7 Å². The molecule has 1 unspecified atom stereocenters. The summed E-state index contributed by atoms with van der Waals surface area (Å²) < 4.78 is 0.959. The molecule has 0 aliphatic heterocycles. The van der Waals surface area contributed by atoms with E-state index in [1.807, 2.05) is 45.0 Å². The molecule has 4 nitrogen and oxygen atoms in total. The summed E-state index contributed by atoms with van der Waals surface area (Å²) in [5.74, 6) is -0.407. The van der Waals surface area contributed by atoms with Gasteiger partial charge in [0.15, 0.2) is 0 Å². The predicted molar refractivity (Wildman–Crippen MR) is 79.5 cm³/mol. The maximum Gasteiger partial charge on any atom is 0.235 e. The number of nitrogens with one attached hydrogen (secondary N) is 1. The Hall–Kier alpha value is -0.910. The summed E-state index contributed by atoms with van der Waals surface area (Å²) in [4.78, 5) is 11.4. The molecule has 0 aliphatic rings. The second kappa shape index (κ2) is 6.50. The molecular formula is C14H21BrN2O2. The molecule has 0 aromatic heterocycles. The molecule has 0 fully saturated rings. The average Bonchev–Trinajstić information content (AvgIpc) is 2.27. The van der Waals surface area contributed by atoms with E-state index in [9.17, 15) is 9.90 Å². The second-order valence-corrected chi connectivity index (χ2v) is 6.59. The molecule has 4 N–H and O–H groups in total. The third-order valence-electron chi connectivity index (χ3n) is 2.92. The minimum Gasteiger partial charge on any atom is -0.387 e. The topological polar surface area (TPSA) is 75.3 Å². The van der Waals surface area contributed by atoms with Crippen molar-refractivity contribution in [1.82, 2.24) is 5.32 Å². The number of primary amides is 1. The molecule has 0 saturated heterocycles. The molecule has 19 heavy (non-hydrogen) atoms. The number of aliphatic hydroxyl groups is 1. The van der Waals surface area contributed by atoms with Gasteiger partial charge in [-0.25, -0.2) is 0 Å². The Morgan fingerprint density at radius 1 is 1.37 bits per heavy atom. The van der Waals surface area contributed by atoms with Gasteiger partial charge in [-0.05, 0) is 23.1 Å². The summed E-state index contributed by atoms with van der Waals surface area (Å²) in [6.07, 6.45) is -0.669. The van der Waals surface area contributed by atoms with Crippen molar-refractivity contribution < 1.29 is 9.90 Å². The predicted octanol–water partition coefficient (Wildman–Crippen LogP) is 1.97. The fourth-order valence-electron chi connectivity index (χ4n) is 1.87. The van der Waals surface area contributed by atoms with E-state index in [0.29, 0.717) is 0 Å². The fourth-order valence-corrected chi connectivity index (χ4v) is 2.13. The summed E-state index contributed by atoms with van der Waals surface area (Å²) in [5.41, 5.74) is 5.89. The molecule has 2 atom stereocenters. The van der Waals surface area contributed by atoms with E-state index in [2.05, 4.69) is 21.2 Å². The Bertz CT molecular complexity index is 426. The van der Waals surface area contributed by atoms with Crippen LogP contribution in [0, 0.1) is 5.41 Å². The van der Waals surface area contributed by atoms with Gasteiger partial charge in [-0.1, -0.05) is 48.8 Å². The maximum absolute atomic E-state index is 11.4. The van der Waals surface area contributed by atoms with Crippen LogP contribution in [-0.4, -0.2) is 23.6 Å². The van der Waals surface area contributed by atoms with Crippen molar-refractivity contribution in [1.29, 1.82) is 0 Å². The molecule has 0 radical (unpaired) electrons. The number of halogens is 1. The summed E-state index contributed by atoms with van der Waals surface area (Å²) in [6, 6.07) is 6.94. The van der Waals surface area contributed by atoms with E-state index in [1.165, 1.54) is 0 Å². The van der Waals surface area contributed by atoms with Crippen LogP contribution >= 0.6 is 15.9 Å². The van der Waals surface area contributed by atoms with Crippen molar-refractivity contribution in [2.24, 2.45) is 11.1 Å². The Balaban J connectivity index is 2.64. The van der Waals surface area contributed by atoms with Crippen LogP contribution in [0.3, 0.4) is 0 Å². The van der Waals surface area contributed by atoms with Gasteiger partial charge in [-0.2, -0.15) is 0 Å². The van der Waals surface area contributed by atoms with Crippen LogP contribution in [0.25, 0.3) is 0 Å². The van der Waals surface area contributed by atoms with Gasteiger partial charge in [0.25, 0.3) is 0 Å². The number of nitrogens with two attached hydrogens (primary N) is 1. The van der Waals surface area contributed by atoms with Crippen molar-refractivity contribution in [3.05, 3.63) is 34.3 Å². The number of hydrogen-bond acceptors (Lipinski definition) is 3.